The number of rotatable bonds is 3. The van der Waals surface area contributed by atoms with E-state index < -0.39 is 15.3 Å². The average Bonchev–Trinajstić information content (AvgIpc) is 2.92. The minimum atomic E-state index is -3.06. The molecule has 0 N–H and O–H groups in total. The van der Waals surface area contributed by atoms with Gasteiger partial charge >= 0.3 is 5.97 Å². The molecule has 0 amide bonds. The van der Waals surface area contributed by atoms with Crippen LogP contribution in [0.2, 0.25) is 0 Å². The summed E-state index contributed by atoms with van der Waals surface area (Å²) in [5.41, 5.74) is -0.529. The van der Waals surface area contributed by atoms with Crippen molar-refractivity contribution in [1.29, 1.82) is 0 Å². The molecule has 3 saturated heterocycles. The van der Waals surface area contributed by atoms with Crippen LogP contribution >= 0.6 is 0 Å². The molecule has 3 fully saturated rings. The second kappa shape index (κ2) is 3.95. The Kier molecular flexibility index (Phi) is 2.78. The van der Waals surface area contributed by atoms with Gasteiger partial charge in [0, 0.05) is 5.92 Å². The highest BCUT2D eigenvalue weighted by atomic mass is 32.2. The van der Waals surface area contributed by atoms with E-state index in [1.807, 2.05) is 20.8 Å². The lowest BCUT2D eigenvalue weighted by atomic mass is 9.86. The summed E-state index contributed by atoms with van der Waals surface area (Å²) in [6.45, 7) is 5.63. The fourth-order valence-electron chi connectivity index (χ4n) is 3.28. The average molecular weight is 288 g/mol. The molecule has 0 aliphatic carbocycles. The van der Waals surface area contributed by atoms with Crippen LogP contribution in [0.4, 0.5) is 0 Å². The Morgan fingerprint density at radius 2 is 2.11 bits per heavy atom. The summed E-state index contributed by atoms with van der Waals surface area (Å²) < 4.78 is 35.2. The zero-order valence-corrected chi connectivity index (χ0v) is 12.3. The van der Waals surface area contributed by atoms with Crippen molar-refractivity contribution < 1.29 is 22.7 Å². The van der Waals surface area contributed by atoms with Crippen LogP contribution in [0.25, 0.3) is 0 Å². The summed E-state index contributed by atoms with van der Waals surface area (Å²) >= 11 is 0. The molecule has 5 atom stereocenters. The number of fused-ring (bicyclic) bond motifs is 1. The quantitative estimate of drug-likeness (QED) is 0.722. The predicted octanol–water partition coefficient (Wildman–Crippen LogP) is 0.919. The van der Waals surface area contributed by atoms with Gasteiger partial charge in [0.05, 0.1) is 28.6 Å². The molecule has 0 saturated carbocycles. The SMILES string of the molecule is CCC(C)(C)C(=O)OC1C2CC3C(O2)C1CS3(=O)=O. The van der Waals surface area contributed by atoms with Gasteiger partial charge in [0.15, 0.2) is 9.84 Å². The molecule has 0 aromatic heterocycles. The fraction of sp³-hybridized carbons (Fsp3) is 0.923. The van der Waals surface area contributed by atoms with Gasteiger partial charge in [0.1, 0.15) is 6.10 Å². The number of hydrogen-bond acceptors (Lipinski definition) is 5. The largest absolute Gasteiger partial charge is 0.459 e. The Morgan fingerprint density at radius 3 is 2.74 bits per heavy atom. The maximum atomic E-state index is 12.1. The van der Waals surface area contributed by atoms with Crippen LogP contribution in [-0.4, -0.2) is 43.7 Å². The third-order valence-electron chi connectivity index (χ3n) is 4.94. The number of ether oxygens (including phenoxy) is 2. The van der Waals surface area contributed by atoms with Crippen molar-refractivity contribution in [2.75, 3.05) is 5.75 Å². The van der Waals surface area contributed by atoms with Gasteiger partial charge in [-0.05, 0) is 26.7 Å². The van der Waals surface area contributed by atoms with Gasteiger partial charge in [-0.1, -0.05) is 6.92 Å². The first-order chi connectivity index (χ1) is 8.76. The molecule has 3 aliphatic heterocycles. The molecule has 3 rings (SSSR count). The molecule has 3 heterocycles. The van der Waals surface area contributed by atoms with E-state index in [4.69, 9.17) is 9.47 Å². The van der Waals surface area contributed by atoms with E-state index in [0.29, 0.717) is 12.8 Å². The Labute approximate surface area is 113 Å². The lowest BCUT2D eigenvalue weighted by Gasteiger charge is -2.28. The summed E-state index contributed by atoms with van der Waals surface area (Å²) in [5.74, 6) is -0.314. The Hall–Kier alpha value is -0.620. The maximum absolute atomic E-state index is 12.1. The molecule has 108 valence electrons. The monoisotopic (exact) mass is 288 g/mol. The summed E-state index contributed by atoms with van der Waals surface area (Å²) in [7, 11) is -3.06. The van der Waals surface area contributed by atoms with Gasteiger partial charge in [0.2, 0.25) is 0 Å². The van der Waals surface area contributed by atoms with Crippen molar-refractivity contribution in [3.05, 3.63) is 0 Å². The molecular weight excluding hydrogens is 268 g/mol. The number of carbonyl (C=O) groups excluding carboxylic acids is 1. The van der Waals surface area contributed by atoms with Crippen LogP contribution in [0, 0.1) is 11.3 Å². The second-order valence-electron chi connectivity index (χ2n) is 6.51. The van der Waals surface area contributed by atoms with Gasteiger partial charge in [-0.25, -0.2) is 8.42 Å². The summed E-state index contributed by atoms with van der Waals surface area (Å²) in [4.78, 5) is 12.1. The van der Waals surface area contributed by atoms with Crippen LogP contribution in [0.15, 0.2) is 0 Å². The predicted molar refractivity (Wildman–Crippen MR) is 68.3 cm³/mol. The van der Waals surface area contributed by atoms with Gasteiger partial charge in [-0.2, -0.15) is 0 Å². The molecule has 5 nitrogen and oxygen atoms in total. The summed E-state index contributed by atoms with van der Waals surface area (Å²) in [6.07, 6.45) is 0.316. The van der Waals surface area contributed by atoms with Crippen LogP contribution in [0.3, 0.4) is 0 Å². The molecule has 0 aromatic carbocycles. The minimum absolute atomic E-state index is 0.101. The van der Waals surface area contributed by atoms with Gasteiger partial charge in [-0.3, -0.25) is 4.79 Å². The summed E-state index contributed by atoms with van der Waals surface area (Å²) in [5, 5.41) is -0.364. The fourth-order valence-corrected chi connectivity index (χ4v) is 5.60. The Morgan fingerprint density at radius 1 is 1.42 bits per heavy atom. The zero-order valence-electron chi connectivity index (χ0n) is 11.5. The van der Waals surface area contributed by atoms with Crippen molar-refractivity contribution in [2.45, 2.75) is 57.2 Å². The molecule has 5 unspecified atom stereocenters. The molecule has 0 aromatic rings. The van der Waals surface area contributed by atoms with Crippen molar-refractivity contribution in [3.8, 4) is 0 Å². The molecule has 3 aliphatic rings. The van der Waals surface area contributed by atoms with Gasteiger partial charge < -0.3 is 9.47 Å². The number of hydrogen-bond donors (Lipinski definition) is 0. The van der Waals surface area contributed by atoms with Crippen LogP contribution in [0.1, 0.15) is 33.6 Å². The Balaban J connectivity index is 1.77. The van der Waals surface area contributed by atoms with Gasteiger partial charge in [-0.15, -0.1) is 0 Å². The minimum Gasteiger partial charge on any atom is -0.459 e. The standard InChI is InChI=1S/C13H20O5S/c1-4-13(2,3)12(14)18-10-7-6-19(15,16)9-5-8(10)17-11(7)9/h7-11H,4-6H2,1-3H3. The van der Waals surface area contributed by atoms with Crippen LogP contribution < -0.4 is 0 Å². The van der Waals surface area contributed by atoms with E-state index in [9.17, 15) is 13.2 Å². The van der Waals surface area contributed by atoms with Crippen molar-refractivity contribution >= 4 is 15.8 Å². The van der Waals surface area contributed by atoms with E-state index in [-0.39, 0.29) is 41.2 Å². The van der Waals surface area contributed by atoms with Crippen LogP contribution in [-0.2, 0) is 24.1 Å². The van der Waals surface area contributed by atoms with E-state index in [1.165, 1.54) is 0 Å². The second-order valence-corrected chi connectivity index (χ2v) is 8.78. The summed E-state index contributed by atoms with van der Waals surface area (Å²) in [6, 6.07) is 0. The molecular formula is C13H20O5S. The molecule has 0 spiro atoms. The van der Waals surface area contributed by atoms with Crippen molar-refractivity contribution in [3.63, 3.8) is 0 Å². The van der Waals surface area contributed by atoms with Gasteiger partial charge in [0.25, 0.3) is 0 Å². The first-order valence-electron chi connectivity index (χ1n) is 6.84. The number of sulfone groups is 1. The Bertz CT molecular complexity index is 509. The van der Waals surface area contributed by atoms with Crippen molar-refractivity contribution in [2.24, 2.45) is 11.3 Å². The molecule has 6 heteroatoms. The van der Waals surface area contributed by atoms with Crippen LogP contribution in [0.5, 0.6) is 0 Å². The van der Waals surface area contributed by atoms with Crippen molar-refractivity contribution in [1.82, 2.24) is 0 Å². The highest BCUT2D eigenvalue weighted by Gasteiger charge is 2.65. The normalized spacial score (nSPS) is 42.6. The van der Waals surface area contributed by atoms with E-state index in [0.717, 1.165) is 0 Å². The lowest BCUT2D eigenvalue weighted by Crippen LogP contribution is -2.40. The van der Waals surface area contributed by atoms with E-state index >= 15 is 0 Å². The molecule has 19 heavy (non-hydrogen) atoms. The number of carbonyl (C=O) groups is 1. The van der Waals surface area contributed by atoms with E-state index in [1.54, 1.807) is 0 Å². The van der Waals surface area contributed by atoms with E-state index in [2.05, 4.69) is 0 Å². The molecule has 0 radical (unpaired) electrons. The maximum Gasteiger partial charge on any atom is 0.311 e. The smallest absolute Gasteiger partial charge is 0.311 e. The first-order valence-corrected chi connectivity index (χ1v) is 8.56. The highest BCUT2D eigenvalue weighted by Crippen LogP contribution is 2.50. The third-order valence-corrected chi connectivity index (χ3v) is 7.17. The highest BCUT2D eigenvalue weighted by molar-refractivity contribution is 7.92. The zero-order chi connectivity index (χ0) is 14.0. The third kappa shape index (κ3) is 1.83. The first kappa shape index (κ1) is 13.4. The number of esters is 1. The molecule has 2 bridgehead atoms. The lowest BCUT2D eigenvalue weighted by molar-refractivity contribution is -0.163. The topological polar surface area (TPSA) is 69.7 Å².